The van der Waals surface area contributed by atoms with Crippen molar-refractivity contribution in [3.63, 3.8) is 0 Å². The van der Waals surface area contributed by atoms with Crippen molar-refractivity contribution >= 4 is 0 Å². The predicted octanol–water partition coefficient (Wildman–Crippen LogP) is 3.26. The molecule has 0 aliphatic rings. The third-order valence-corrected chi connectivity index (χ3v) is 3.50. The average molecular weight is 260 g/mol. The first-order valence-corrected chi connectivity index (χ1v) is 6.73. The Hall–Kier alpha value is -1.61. The molecule has 2 rings (SSSR count). The molecule has 0 aliphatic heterocycles. The van der Waals surface area contributed by atoms with Crippen molar-refractivity contribution in [3.05, 3.63) is 59.2 Å². The van der Waals surface area contributed by atoms with Crippen molar-refractivity contribution < 1.29 is 4.39 Å². The summed E-state index contributed by atoms with van der Waals surface area (Å²) in [5.41, 5.74) is 9.32. The molecule has 2 nitrogen and oxygen atoms in total. The van der Waals surface area contributed by atoms with E-state index in [-0.39, 0.29) is 11.9 Å². The monoisotopic (exact) mass is 260 g/mol. The second kappa shape index (κ2) is 6.02. The molecule has 1 atom stereocenters. The molecule has 3 heteroatoms. The Morgan fingerprint density at radius 2 is 2.11 bits per heavy atom. The first-order valence-electron chi connectivity index (χ1n) is 6.73. The summed E-state index contributed by atoms with van der Waals surface area (Å²) in [5, 5.41) is 0. The zero-order valence-electron chi connectivity index (χ0n) is 11.6. The van der Waals surface area contributed by atoms with Gasteiger partial charge in [0.25, 0.3) is 0 Å². The molecule has 1 aromatic carbocycles. The van der Waals surface area contributed by atoms with Crippen LogP contribution in [0, 0.1) is 12.7 Å². The van der Waals surface area contributed by atoms with Gasteiger partial charge in [0, 0.05) is 25.0 Å². The van der Waals surface area contributed by atoms with Gasteiger partial charge in [-0.25, -0.2) is 4.39 Å². The van der Waals surface area contributed by atoms with Gasteiger partial charge in [0.05, 0.1) is 0 Å². The first kappa shape index (κ1) is 13.8. The molecular formula is C16H21FN2. The summed E-state index contributed by atoms with van der Waals surface area (Å²) >= 11 is 0. The molecule has 0 bridgehead atoms. The van der Waals surface area contributed by atoms with E-state index >= 15 is 0 Å². The number of nitrogens with zero attached hydrogens (tertiary/aromatic N) is 1. The van der Waals surface area contributed by atoms with Gasteiger partial charge in [-0.1, -0.05) is 13.0 Å². The van der Waals surface area contributed by atoms with Crippen LogP contribution in [0.25, 0.3) is 0 Å². The van der Waals surface area contributed by atoms with Crippen LogP contribution in [0.3, 0.4) is 0 Å². The van der Waals surface area contributed by atoms with Gasteiger partial charge in [0.2, 0.25) is 0 Å². The molecule has 1 unspecified atom stereocenters. The van der Waals surface area contributed by atoms with E-state index in [9.17, 15) is 4.39 Å². The minimum absolute atomic E-state index is 0.180. The molecule has 0 aliphatic carbocycles. The van der Waals surface area contributed by atoms with Gasteiger partial charge >= 0.3 is 0 Å². The zero-order valence-corrected chi connectivity index (χ0v) is 11.6. The summed E-state index contributed by atoms with van der Waals surface area (Å²) in [5.74, 6) is -0.180. The molecule has 0 radical (unpaired) electrons. The number of halogens is 1. The van der Waals surface area contributed by atoms with Gasteiger partial charge in [-0.15, -0.1) is 0 Å². The number of hydrogen-bond donors (Lipinski definition) is 1. The molecule has 0 fully saturated rings. The van der Waals surface area contributed by atoms with Crippen LogP contribution in [0.5, 0.6) is 0 Å². The fraction of sp³-hybridized carbons (Fsp3) is 0.375. The predicted molar refractivity (Wildman–Crippen MR) is 76.6 cm³/mol. The lowest BCUT2D eigenvalue weighted by molar-refractivity contribution is 0.622. The summed E-state index contributed by atoms with van der Waals surface area (Å²) in [6.07, 6.45) is 6.00. The SMILES string of the molecule is CCC(N)Cc1ccn(Cc2cc(F)ccc2C)c1. The van der Waals surface area contributed by atoms with Crippen molar-refractivity contribution in [1.29, 1.82) is 0 Å². The molecule has 1 heterocycles. The minimum Gasteiger partial charge on any atom is -0.350 e. The highest BCUT2D eigenvalue weighted by molar-refractivity contribution is 5.27. The summed E-state index contributed by atoms with van der Waals surface area (Å²) in [7, 11) is 0. The van der Waals surface area contributed by atoms with Crippen LogP contribution in [0.4, 0.5) is 4.39 Å². The smallest absolute Gasteiger partial charge is 0.123 e. The highest BCUT2D eigenvalue weighted by atomic mass is 19.1. The third kappa shape index (κ3) is 3.67. The van der Waals surface area contributed by atoms with Gasteiger partial charge in [0.15, 0.2) is 0 Å². The van der Waals surface area contributed by atoms with E-state index < -0.39 is 0 Å². The number of nitrogens with two attached hydrogens (primary N) is 1. The van der Waals surface area contributed by atoms with Crippen LogP contribution in [0.1, 0.15) is 30.0 Å². The zero-order chi connectivity index (χ0) is 13.8. The lowest BCUT2D eigenvalue weighted by atomic mass is 10.1. The molecule has 0 spiro atoms. The van der Waals surface area contributed by atoms with Crippen LogP contribution in [0.2, 0.25) is 0 Å². The van der Waals surface area contributed by atoms with E-state index in [2.05, 4.69) is 23.8 Å². The first-order chi connectivity index (χ1) is 9.08. The number of benzene rings is 1. The number of hydrogen-bond acceptors (Lipinski definition) is 1. The van der Waals surface area contributed by atoms with Crippen LogP contribution in [0.15, 0.2) is 36.7 Å². The Morgan fingerprint density at radius 3 is 2.84 bits per heavy atom. The second-order valence-electron chi connectivity index (χ2n) is 5.14. The topological polar surface area (TPSA) is 30.9 Å². The highest BCUT2D eigenvalue weighted by Gasteiger charge is 2.05. The van der Waals surface area contributed by atoms with Gasteiger partial charge in [-0.3, -0.25) is 0 Å². The van der Waals surface area contributed by atoms with E-state index in [1.54, 1.807) is 6.07 Å². The van der Waals surface area contributed by atoms with E-state index in [4.69, 9.17) is 5.73 Å². The maximum atomic E-state index is 13.2. The van der Waals surface area contributed by atoms with Crippen LogP contribution < -0.4 is 5.73 Å². The van der Waals surface area contributed by atoms with Crippen molar-refractivity contribution in [2.24, 2.45) is 5.73 Å². The third-order valence-electron chi connectivity index (χ3n) is 3.50. The van der Waals surface area contributed by atoms with Crippen molar-refractivity contribution in [2.45, 2.75) is 39.3 Å². The van der Waals surface area contributed by atoms with Crippen molar-refractivity contribution in [2.75, 3.05) is 0 Å². The molecule has 0 saturated heterocycles. The minimum atomic E-state index is -0.180. The Bertz CT molecular complexity index is 545. The second-order valence-corrected chi connectivity index (χ2v) is 5.14. The van der Waals surface area contributed by atoms with Gasteiger partial charge in [0.1, 0.15) is 5.82 Å². The number of rotatable bonds is 5. The van der Waals surface area contributed by atoms with Crippen molar-refractivity contribution in [3.8, 4) is 0 Å². The Balaban J connectivity index is 2.09. The number of aromatic nitrogens is 1. The molecule has 0 saturated carbocycles. The van der Waals surface area contributed by atoms with Gasteiger partial charge < -0.3 is 10.3 Å². The molecule has 0 amide bonds. The summed E-state index contributed by atoms with van der Waals surface area (Å²) in [6.45, 7) is 4.80. The van der Waals surface area contributed by atoms with Gasteiger partial charge in [-0.2, -0.15) is 0 Å². The van der Waals surface area contributed by atoms with E-state index in [0.717, 1.165) is 24.0 Å². The summed E-state index contributed by atoms with van der Waals surface area (Å²) in [6, 6.07) is 7.23. The molecular weight excluding hydrogens is 239 g/mol. The molecule has 1 aromatic heterocycles. The Kier molecular flexibility index (Phi) is 4.38. The summed E-state index contributed by atoms with van der Waals surface area (Å²) < 4.78 is 15.3. The normalized spacial score (nSPS) is 12.6. The summed E-state index contributed by atoms with van der Waals surface area (Å²) in [4.78, 5) is 0. The standard InChI is InChI=1S/C16H21FN2/c1-3-16(18)8-13-6-7-19(10-13)11-14-9-15(17)5-4-12(14)2/h4-7,9-10,16H,3,8,11,18H2,1-2H3. The van der Waals surface area contributed by atoms with Crippen LogP contribution in [-0.2, 0) is 13.0 Å². The Labute approximate surface area is 114 Å². The lowest BCUT2D eigenvalue weighted by Crippen LogP contribution is -2.21. The quantitative estimate of drug-likeness (QED) is 0.879. The maximum Gasteiger partial charge on any atom is 0.123 e. The number of aryl methyl sites for hydroxylation is 1. The highest BCUT2D eigenvalue weighted by Crippen LogP contribution is 2.13. The molecule has 2 aromatic rings. The molecule has 2 N–H and O–H groups in total. The van der Waals surface area contributed by atoms with E-state index in [1.807, 2.05) is 19.2 Å². The lowest BCUT2D eigenvalue weighted by Gasteiger charge is -2.08. The van der Waals surface area contributed by atoms with Crippen LogP contribution >= 0.6 is 0 Å². The molecule has 102 valence electrons. The van der Waals surface area contributed by atoms with Crippen molar-refractivity contribution in [1.82, 2.24) is 4.57 Å². The van der Waals surface area contributed by atoms with E-state index in [0.29, 0.717) is 6.54 Å². The fourth-order valence-electron chi connectivity index (χ4n) is 2.16. The average Bonchev–Trinajstić information content (AvgIpc) is 2.81. The fourth-order valence-corrected chi connectivity index (χ4v) is 2.16. The maximum absolute atomic E-state index is 13.2. The largest absolute Gasteiger partial charge is 0.350 e. The van der Waals surface area contributed by atoms with Gasteiger partial charge in [-0.05, 0) is 54.7 Å². The Morgan fingerprint density at radius 1 is 1.32 bits per heavy atom. The van der Waals surface area contributed by atoms with Crippen LogP contribution in [-0.4, -0.2) is 10.6 Å². The van der Waals surface area contributed by atoms with E-state index in [1.165, 1.54) is 11.6 Å². The molecule has 19 heavy (non-hydrogen) atoms.